The van der Waals surface area contributed by atoms with Gasteiger partial charge in [0.15, 0.2) is 6.20 Å². The Labute approximate surface area is 117 Å². The van der Waals surface area contributed by atoms with Gasteiger partial charge in [-0.25, -0.2) is 0 Å². The first-order valence-corrected chi connectivity index (χ1v) is 6.19. The third-order valence-electron chi connectivity index (χ3n) is 2.21. The van der Waals surface area contributed by atoms with E-state index in [4.69, 9.17) is 11.6 Å². The predicted molar refractivity (Wildman–Crippen MR) is 72.5 cm³/mol. The molecule has 0 atom stereocenters. The number of anilines is 1. The summed E-state index contributed by atoms with van der Waals surface area (Å²) in [6.07, 6.45) is 1.13. The quantitative estimate of drug-likeness (QED) is 0.524. The van der Waals surface area contributed by atoms with Crippen LogP contribution < -0.4 is 10.0 Å². The Morgan fingerprint density at radius 1 is 1.33 bits per heavy atom. The number of rotatable bonds is 2. The monoisotopic (exact) mass is 326 g/mol. The first kappa shape index (κ1) is 12.9. The maximum atomic E-state index is 11.9. The number of halogens is 2. The molecule has 0 fully saturated rings. The van der Waals surface area contributed by atoms with E-state index in [0.717, 1.165) is 10.7 Å². The van der Waals surface area contributed by atoms with Gasteiger partial charge in [0.1, 0.15) is 5.56 Å². The molecule has 0 radical (unpaired) electrons. The van der Waals surface area contributed by atoms with Gasteiger partial charge in [0.2, 0.25) is 0 Å². The van der Waals surface area contributed by atoms with Crippen LogP contribution in [0.25, 0.3) is 0 Å². The molecule has 0 aliphatic heterocycles. The summed E-state index contributed by atoms with van der Waals surface area (Å²) in [5, 5.41) is 14.0. The van der Waals surface area contributed by atoms with E-state index < -0.39 is 0 Å². The van der Waals surface area contributed by atoms with E-state index in [1.165, 1.54) is 12.1 Å². The lowest BCUT2D eigenvalue weighted by Crippen LogP contribution is -2.29. The van der Waals surface area contributed by atoms with Gasteiger partial charge < -0.3 is 10.5 Å². The second-order valence-electron chi connectivity index (χ2n) is 3.53. The number of nitrogens with one attached hydrogen (secondary N) is 1. The number of hydrogen-bond donors (Lipinski definition) is 1. The van der Waals surface area contributed by atoms with E-state index in [1.54, 1.807) is 18.2 Å². The first-order chi connectivity index (χ1) is 8.56. The summed E-state index contributed by atoms with van der Waals surface area (Å²) in [5.74, 6) is -0.366. The van der Waals surface area contributed by atoms with Crippen molar-refractivity contribution in [3.63, 3.8) is 0 Å². The van der Waals surface area contributed by atoms with Gasteiger partial charge in [-0.05, 0) is 35.9 Å². The highest BCUT2D eigenvalue weighted by atomic mass is 79.9. The van der Waals surface area contributed by atoms with E-state index in [1.807, 2.05) is 6.07 Å². The maximum Gasteiger partial charge on any atom is 0.286 e. The molecule has 1 N–H and O–H groups in total. The Balaban J connectivity index is 2.19. The van der Waals surface area contributed by atoms with Crippen molar-refractivity contribution in [2.75, 3.05) is 5.32 Å². The molecule has 0 saturated carbocycles. The van der Waals surface area contributed by atoms with Crippen molar-refractivity contribution < 1.29 is 9.52 Å². The summed E-state index contributed by atoms with van der Waals surface area (Å²) >= 11 is 8.89. The zero-order chi connectivity index (χ0) is 13.1. The molecule has 0 unspecified atom stereocenters. The van der Waals surface area contributed by atoms with E-state index in [0.29, 0.717) is 10.4 Å². The smallest absolute Gasteiger partial charge is 0.286 e. The summed E-state index contributed by atoms with van der Waals surface area (Å²) in [5.41, 5.74) is 0.885. The molecule has 0 aliphatic rings. The minimum absolute atomic E-state index is 0.0222. The number of amides is 1. The Bertz CT molecular complexity index is 604. The minimum atomic E-state index is -0.366. The van der Waals surface area contributed by atoms with Crippen LogP contribution in [0.2, 0.25) is 5.15 Å². The third kappa shape index (κ3) is 3.00. The lowest BCUT2D eigenvalue weighted by Gasteiger charge is -2.05. The third-order valence-corrected chi connectivity index (χ3v) is 3.00. The van der Waals surface area contributed by atoms with Gasteiger partial charge in [-0.2, -0.15) is 4.73 Å². The molecule has 1 heterocycles. The highest BCUT2D eigenvalue weighted by Gasteiger charge is 2.11. The van der Waals surface area contributed by atoms with Crippen molar-refractivity contribution in [3.05, 3.63) is 63.0 Å². The normalized spacial score (nSPS) is 10.1. The van der Waals surface area contributed by atoms with E-state index in [2.05, 4.69) is 21.2 Å². The largest absolute Gasteiger partial charge is 0.618 e. The number of carbonyl (C=O) groups is 1. The van der Waals surface area contributed by atoms with Crippen LogP contribution in [-0.2, 0) is 0 Å². The molecule has 0 aliphatic carbocycles. The van der Waals surface area contributed by atoms with Crippen LogP contribution in [0.15, 0.2) is 47.1 Å². The fourth-order valence-corrected chi connectivity index (χ4v) is 1.88. The molecule has 1 amide bonds. The van der Waals surface area contributed by atoms with Crippen molar-refractivity contribution in [1.82, 2.24) is 0 Å². The maximum absolute atomic E-state index is 11.9. The first-order valence-electron chi connectivity index (χ1n) is 5.02. The second kappa shape index (κ2) is 5.37. The molecular formula is C12H8BrClN2O2. The topological polar surface area (TPSA) is 56.0 Å². The summed E-state index contributed by atoms with van der Waals surface area (Å²) in [6, 6.07) is 10.0. The van der Waals surface area contributed by atoms with Crippen molar-refractivity contribution in [1.29, 1.82) is 0 Å². The lowest BCUT2D eigenvalue weighted by molar-refractivity contribution is -0.603. The fourth-order valence-electron chi connectivity index (χ4n) is 1.37. The van der Waals surface area contributed by atoms with Crippen LogP contribution in [0.1, 0.15) is 10.4 Å². The van der Waals surface area contributed by atoms with Crippen molar-refractivity contribution in [3.8, 4) is 0 Å². The Morgan fingerprint density at radius 3 is 2.78 bits per heavy atom. The zero-order valence-electron chi connectivity index (χ0n) is 9.06. The highest BCUT2D eigenvalue weighted by molar-refractivity contribution is 9.10. The standard InChI is InChI=1S/C12H8BrClN2O2/c13-9-2-1-3-10(6-9)15-12(17)8-4-5-11(14)16(18)7-8/h1-7H,(H,15,17). The molecule has 4 nitrogen and oxygen atoms in total. The molecule has 1 aromatic carbocycles. The number of hydrogen-bond acceptors (Lipinski definition) is 2. The zero-order valence-corrected chi connectivity index (χ0v) is 11.4. The van der Waals surface area contributed by atoms with E-state index >= 15 is 0 Å². The number of benzene rings is 1. The molecule has 6 heteroatoms. The van der Waals surface area contributed by atoms with Crippen LogP contribution >= 0.6 is 27.5 Å². The summed E-state index contributed by atoms with van der Waals surface area (Å²) in [6.45, 7) is 0. The number of pyridine rings is 1. The van der Waals surface area contributed by atoms with Crippen LogP contribution in [-0.4, -0.2) is 5.91 Å². The van der Waals surface area contributed by atoms with Crippen molar-refractivity contribution in [2.24, 2.45) is 0 Å². The summed E-state index contributed by atoms with van der Waals surface area (Å²) < 4.78 is 1.30. The minimum Gasteiger partial charge on any atom is -0.618 e. The van der Waals surface area contributed by atoms with Gasteiger partial charge in [-0.15, -0.1) is 0 Å². The van der Waals surface area contributed by atoms with Gasteiger partial charge in [0, 0.05) is 16.2 Å². The molecule has 18 heavy (non-hydrogen) atoms. The average molecular weight is 328 g/mol. The molecule has 0 bridgehead atoms. The molecule has 1 aromatic heterocycles. The molecule has 2 aromatic rings. The molecule has 2 rings (SSSR count). The van der Waals surface area contributed by atoms with Crippen LogP contribution in [0.3, 0.4) is 0 Å². The van der Waals surface area contributed by atoms with E-state index in [-0.39, 0.29) is 16.6 Å². The highest BCUT2D eigenvalue weighted by Crippen LogP contribution is 2.16. The van der Waals surface area contributed by atoms with Gasteiger partial charge in [-0.3, -0.25) is 4.79 Å². The van der Waals surface area contributed by atoms with Gasteiger partial charge in [0.25, 0.3) is 11.1 Å². The van der Waals surface area contributed by atoms with E-state index in [9.17, 15) is 10.0 Å². The number of nitrogens with zero attached hydrogens (tertiary/aromatic N) is 1. The molecular weight excluding hydrogens is 320 g/mol. The van der Waals surface area contributed by atoms with Crippen molar-refractivity contribution in [2.45, 2.75) is 0 Å². The molecule has 92 valence electrons. The summed E-state index contributed by atoms with van der Waals surface area (Å²) in [4.78, 5) is 11.9. The average Bonchev–Trinajstić information content (AvgIpc) is 2.32. The van der Waals surface area contributed by atoms with Crippen molar-refractivity contribution >= 4 is 39.1 Å². The Morgan fingerprint density at radius 2 is 2.11 bits per heavy atom. The van der Waals surface area contributed by atoms with Gasteiger partial charge >= 0.3 is 0 Å². The number of carbonyl (C=O) groups excluding carboxylic acids is 1. The van der Waals surface area contributed by atoms with Crippen LogP contribution in [0.5, 0.6) is 0 Å². The summed E-state index contributed by atoms with van der Waals surface area (Å²) in [7, 11) is 0. The lowest BCUT2D eigenvalue weighted by atomic mass is 10.2. The second-order valence-corrected chi connectivity index (χ2v) is 4.83. The number of aromatic nitrogens is 1. The van der Waals surface area contributed by atoms with Gasteiger partial charge in [-0.1, -0.05) is 22.0 Å². The Hall–Kier alpha value is -1.59. The molecule has 0 spiro atoms. The Kier molecular flexibility index (Phi) is 3.84. The fraction of sp³-hybridized carbons (Fsp3) is 0. The van der Waals surface area contributed by atoms with Crippen LogP contribution in [0, 0.1) is 5.21 Å². The van der Waals surface area contributed by atoms with Crippen LogP contribution in [0.4, 0.5) is 5.69 Å². The van der Waals surface area contributed by atoms with Gasteiger partial charge in [0.05, 0.1) is 0 Å². The molecule has 0 saturated heterocycles. The predicted octanol–water partition coefficient (Wildman–Crippen LogP) is 2.99. The SMILES string of the molecule is O=C(Nc1cccc(Br)c1)c1ccc(Cl)[n+]([O-])c1.